The van der Waals surface area contributed by atoms with E-state index in [1.165, 1.54) is 12.1 Å². The van der Waals surface area contributed by atoms with Crippen LogP contribution < -0.4 is 5.32 Å². The average Bonchev–Trinajstić information content (AvgIpc) is 2.16. The minimum absolute atomic E-state index is 0.0401. The molecule has 0 saturated carbocycles. The maximum Gasteiger partial charge on any atom is 0.269 e. The quantitative estimate of drug-likeness (QED) is 0.444. The predicted molar refractivity (Wildman–Crippen MR) is 50.7 cm³/mol. The Morgan fingerprint density at radius 3 is 2.86 bits per heavy atom. The normalized spacial score (nSPS) is 9.50. The van der Waals surface area contributed by atoms with Gasteiger partial charge in [0.2, 0.25) is 6.41 Å². The van der Waals surface area contributed by atoms with E-state index in [-0.39, 0.29) is 5.69 Å². The number of benzene rings is 1. The molecule has 0 unspecified atom stereocenters. The predicted octanol–water partition coefficient (Wildman–Crippen LogP) is 1.15. The number of hydrogen-bond acceptors (Lipinski definition) is 3. The van der Waals surface area contributed by atoms with E-state index in [2.05, 4.69) is 5.32 Å². The summed E-state index contributed by atoms with van der Waals surface area (Å²) in [4.78, 5) is 20.1. The van der Waals surface area contributed by atoms with Gasteiger partial charge in [0.15, 0.2) is 0 Å². The lowest BCUT2D eigenvalue weighted by atomic mass is 10.1. The minimum Gasteiger partial charge on any atom is -0.355 e. The summed E-state index contributed by atoms with van der Waals surface area (Å²) in [5.74, 6) is 0. The summed E-state index contributed by atoms with van der Waals surface area (Å²) in [6.07, 6.45) is 0.568. The third kappa shape index (κ3) is 2.29. The summed E-state index contributed by atoms with van der Waals surface area (Å²) in [6, 6.07) is 4.57. The van der Waals surface area contributed by atoms with E-state index in [4.69, 9.17) is 0 Å². The number of nitro benzene ring substituents is 1. The van der Waals surface area contributed by atoms with Crippen LogP contribution in [0.25, 0.3) is 0 Å². The van der Waals surface area contributed by atoms with Gasteiger partial charge >= 0.3 is 0 Å². The number of aryl methyl sites for hydroxylation is 1. The van der Waals surface area contributed by atoms with Gasteiger partial charge in [-0.1, -0.05) is 6.07 Å². The summed E-state index contributed by atoms with van der Waals surface area (Å²) < 4.78 is 0. The Kier molecular flexibility index (Phi) is 3.17. The Balaban J connectivity index is 2.95. The van der Waals surface area contributed by atoms with Gasteiger partial charge in [-0.25, -0.2) is 0 Å². The molecule has 0 radical (unpaired) electrons. The first kappa shape index (κ1) is 10.2. The second-order valence-corrected chi connectivity index (χ2v) is 2.87. The van der Waals surface area contributed by atoms with E-state index in [9.17, 15) is 14.9 Å². The molecule has 1 amide bonds. The highest BCUT2D eigenvalue weighted by Gasteiger charge is 2.07. The lowest BCUT2D eigenvalue weighted by molar-refractivity contribution is -0.384. The van der Waals surface area contributed by atoms with Crippen molar-refractivity contribution >= 4 is 12.1 Å². The SMILES string of the molecule is Cc1ccc([N+](=O)[O-])cc1CNC=O. The number of nitro groups is 1. The third-order valence-electron chi connectivity index (χ3n) is 1.92. The number of nitrogens with zero attached hydrogens (tertiary/aromatic N) is 1. The highest BCUT2D eigenvalue weighted by molar-refractivity contribution is 5.47. The van der Waals surface area contributed by atoms with Gasteiger partial charge in [-0.2, -0.15) is 0 Å². The standard InChI is InChI=1S/C9H10N2O3/c1-7-2-3-9(11(13)14)4-8(7)5-10-6-12/h2-4,6H,5H2,1H3,(H,10,12). The van der Waals surface area contributed by atoms with Crippen molar-refractivity contribution in [3.05, 3.63) is 39.4 Å². The van der Waals surface area contributed by atoms with Crippen molar-refractivity contribution in [3.63, 3.8) is 0 Å². The summed E-state index contributed by atoms with van der Waals surface area (Å²) in [6.45, 7) is 2.16. The van der Waals surface area contributed by atoms with Crippen LogP contribution >= 0.6 is 0 Å². The Bertz CT molecular complexity index is 363. The van der Waals surface area contributed by atoms with Crippen LogP contribution in [-0.4, -0.2) is 11.3 Å². The number of amides is 1. The first-order chi connectivity index (χ1) is 6.65. The molecule has 0 spiro atoms. The Labute approximate surface area is 80.9 Å². The molecule has 0 saturated heterocycles. The van der Waals surface area contributed by atoms with Gasteiger partial charge in [0.1, 0.15) is 0 Å². The molecular formula is C9H10N2O3. The van der Waals surface area contributed by atoms with Crippen molar-refractivity contribution in [2.75, 3.05) is 0 Å². The number of non-ortho nitro benzene ring substituents is 1. The molecular weight excluding hydrogens is 184 g/mol. The van der Waals surface area contributed by atoms with Crippen LogP contribution in [0.3, 0.4) is 0 Å². The molecule has 5 heteroatoms. The zero-order chi connectivity index (χ0) is 10.6. The van der Waals surface area contributed by atoms with Crippen molar-refractivity contribution in [3.8, 4) is 0 Å². The zero-order valence-electron chi connectivity index (χ0n) is 7.69. The van der Waals surface area contributed by atoms with E-state index in [1.54, 1.807) is 6.07 Å². The summed E-state index contributed by atoms with van der Waals surface area (Å²) in [5, 5.41) is 12.9. The molecule has 1 aromatic rings. The average molecular weight is 194 g/mol. The maximum absolute atomic E-state index is 10.5. The van der Waals surface area contributed by atoms with E-state index < -0.39 is 4.92 Å². The van der Waals surface area contributed by atoms with Crippen LogP contribution in [0.5, 0.6) is 0 Å². The van der Waals surface area contributed by atoms with Gasteiger partial charge in [0.05, 0.1) is 4.92 Å². The first-order valence-corrected chi connectivity index (χ1v) is 4.06. The molecule has 1 rings (SSSR count). The molecule has 0 aliphatic rings. The van der Waals surface area contributed by atoms with Crippen LogP contribution in [0.2, 0.25) is 0 Å². The maximum atomic E-state index is 10.5. The molecule has 0 heterocycles. The highest BCUT2D eigenvalue weighted by atomic mass is 16.6. The molecule has 1 N–H and O–H groups in total. The highest BCUT2D eigenvalue weighted by Crippen LogP contribution is 2.16. The zero-order valence-corrected chi connectivity index (χ0v) is 7.69. The summed E-state index contributed by atoms with van der Waals surface area (Å²) in [5.41, 5.74) is 1.72. The number of hydrogen-bond donors (Lipinski definition) is 1. The Hall–Kier alpha value is -1.91. The van der Waals surface area contributed by atoms with Crippen LogP contribution in [0, 0.1) is 17.0 Å². The van der Waals surface area contributed by atoms with Crippen LogP contribution in [0.1, 0.15) is 11.1 Å². The molecule has 74 valence electrons. The molecule has 1 aromatic carbocycles. The fraction of sp³-hybridized carbons (Fsp3) is 0.222. The number of carbonyl (C=O) groups is 1. The molecule has 0 aromatic heterocycles. The monoisotopic (exact) mass is 194 g/mol. The second-order valence-electron chi connectivity index (χ2n) is 2.87. The smallest absolute Gasteiger partial charge is 0.269 e. The summed E-state index contributed by atoms with van der Waals surface area (Å²) in [7, 11) is 0. The van der Waals surface area contributed by atoms with E-state index >= 15 is 0 Å². The Morgan fingerprint density at radius 1 is 1.57 bits per heavy atom. The number of nitrogens with one attached hydrogen (secondary N) is 1. The fourth-order valence-electron chi connectivity index (χ4n) is 1.11. The van der Waals surface area contributed by atoms with Crippen LogP contribution in [0.15, 0.2) is 18.2 Å². The molecule has 0 aliphatic heterocycles. The van der Waals surface area contributed by atoms with Crippen molar-refractivity contribution < 1.29 is 9.72 Å². The van der Waals surface area contributed by atoms with Gasteiger partial charge in [0, 0.05) is 18.7 Å². The molecule has 0 fully saturated rings. The third-order valence-corrected chi connectivity index (χ3v) is 1.92. The van der Waals surface area contributed by atoms with Gasteiger partial charge in [0.25, 0.3) is 5.69 Å². The first-order valence-electron chi connectivity index (χ1n) is 4.06. The molecule has 0 aliphatic carbocycles. The summed E-state index contributed by atoms with van der Waals surface area (Å²) >= 11 is 0. The minimum atomic E-state index is -0.455. The number of rotatable bonds is 4. The Morgan fingerprint density at radius 2 is 2.29 bits per heavy atom. The molecule has 14 heavy (non-hydrogen) atoms. The van der Waals surface area contributed by atoms with Gasteiger partial charge in [-0.3, -0.25) is 14.9 Å². The van der Waals surface area contributed by atoms with Gasteiger partial charge in [-0.15, -0.1) is 0 Å². The molecule has 0 atom stereocenters. The van der Waals surface area contributed by atoms with Crippen molar-refractivity contribution in [1.82, 2.24) is 5.32 Å². The van der Waals surface area contributed by atoms with Crippen molar-refractivity contribution in [1.29, 1.82) is 0 Å². The molecule has 5 nitrogen and oxygen atoms in total. The molecule has 0 bridgehead atoms. The lowest BCUT2D eigenvalue weighted by Crippen LogP contribution is -2.11. The van der Waals surface area contributed by atoms with Crippen LogP contribution in [-0.2, 0) is 11.3 Å². The van der Waals surface area contributed by atoms with Gasteiger partial charge < -0.3 is 5.32 Å². The second kappa shape index (κ2) is 4.36. The number of carbonyl (C=O) groups excluding carboxylic acids is 1. The topological polar surface area (TPSA) is 72.2 Å². The van der Waals surface area contributed by atoms with E-state index in [1.807, 2.05) is 6.92 Å². The van der Waals surface area contributed by atoms with E-state index in [0.717, 1.165) is 11.1 Å². The lowest BCUT2D eigenvalue weighted by Gasteiger charge is -2.03. The van der Waals surface area contributed by atoms with Gasteiger partial charge in [-0.05, 0) is 18.1 Å². The fourth-order valence-corrected chi connectivity index (χ4v) is 1.11. The largest absolute Gasteiger partial charge is 0.355 e. The van der Waals surface area contributed by atoms with E-state index in [0.29, 0.717) is 13.0 Å². The van der Waals surface area contributed by atoms with Crippen molar-refractivity contribution in [2.24, 2.45) is 0 Å². The van der Waals surface area contributed by atoms with Crippen molar-refractivity contribution in [2.45, 2.75) is 13.5 Å². The van der Waals surface area contributed by atoms with Crippen LogP contribution in [0.4, 0.5) is 5.69 Å².